The molecule has 0 aromatic carbocycles. The molecular weight excluding hydrogens is 499 g/mol. The van der Waals surface area contributed by atoms with Gasteiger partial charge in [-0.05, 0) is 72.8 Å². The normalized spacial score (nSPS) is 14.6. The standard InChI is InChI=1S/C25H27FN6O2S2/c1-27-24(34)23(36-16-33)12-19-4-8-29-25(30-19)32-9-5-17(6-10-32)13-28-14-22-20(26)2-3-21(31-22)18-7-11-35-15-18/h2-4,7-8,11-12,15-17,28H,5-6,9-10,13-14H2,1H3,(H,27,34)/b23-12-. The topological polar surface area (TPSA) is 100 Å². The highest BCUT2D eigenvalue weighted by atomic mass is 32.2. The number of thioether (sulfide) groups is 1. The zero-order chi connectivity index (χ0) is 25.3. The second kappa shape index (κ2) is 12.7. The molecule has 0 aliphatic carbocycles. The Balaban J connectivity index is 1.30. The summed E-state index contributed by atoms with van der Waals surface area (Å²) >= 11 is 2.40. The van der Waals surface area contributed by atoms with Crippen LogP contribution >= 0.6 is 23.1 Å². The van der Waals surface area contributed by atoms with Crippen molar-refractivity contribution in [2.45, 2.75) is 19.4 Å². The largest absolute Gasteiger partial charge is 0.355 e. The molecule has 1 aliphatic rings. The molecule has 0 unspecified atom stereocenters. The molecule has 0 atom stereocenters. The zero-order valence-corrected chi connectivity index (χ0v) is 21.4. The lowest BCUT2D eigenvalue weighted by Gasteiger charge is -2.32. The van der Waals surface area contributed by atoms with Crippen LogP contribution in [-0.2, 0) is 16.1 Å². The molecule has 8 nitrogen and oxygen atoms in total. The number of hydrogen-bond acceptors (Lipinski definition) is 9. The molecule has 1 amide bonds. The van der Waals surface area contributed by atoms with Crippen molar-refractivity contribution >= 4 is 46.6 Å². The van der Waals surface area contributed by atoms with Crippen molar-refractivity contribution in [1.82, 2.24) is 25.6 Å². The van der Waals surface area contributed by atoms with E-state index in [1.54, 1.807) is 35.7 Å². The van der Waals surface area contributed by atoms with E-state index in [1.165, 1.54) is 13.1 Å². The summed E-state index contributed by atoms with van der Waals surface area (Å²) in [4.78, 5) is 38.7. The first-order chi connectivity index (χ1) is 17.6. The number of nitrogens with zero attached hydrogens (tertiary/aromatic N) is 4. The van der Waals surface area contributed by atoms with Gasteiger partial charge in [0.1, 0.15) is 5.82 Å². The van der Waals surface area contributed by atoms with Crippen molar-refractivity contribution in [3.8, 4) is 11.3 Å². The van der Waals surface area contributed by atoms with Crippen LogP contribution < -0.4 is 15.5 Å². The highest BCUT2D eigenvalue weighted by molar-refractivity contribution is 8.16. The average Bonchev–Trinajstić information content (AvgIpc) is 3.45. The van der Waals surface area contributed by atoms with Crippen molar-refractivity contribution in [3.05, 3.63) is 63.3 Å². The van der Waals surface area contributed by atoms with E-state index in [1.807, 2.05) is 16.8 Å². The Morgan fingerprint density at radius 1 is 1.25 bits per heavy atom. The average molecular weight is 527 g/mol. The third-order valence-corrected chi connectivity index (χ3v) is 7.26. The van der Waals surface area contributed by atoms with Gasteiger partial charge in [0.2, 0.25) is 5.95 Å². The van der Waals surface area contributed by atoms with Gasteiger partial charge < -0.3 is 15.5 Å². The molecule has 1 saturated heterocycles. The van der Waals surface area contributed by atoms with Gasteiger partial charge in [-0.3, -0.25) is 9.59 Å². The van der Waals surface area contributed by atoms with E-state index >= 15 is 0 Å². The molecule has 1 fully saturated rings. The SMILES string of the molecule is CNC(=O)/C(=C/c1ccnc(N2CCC(CNCc3nc(-c4ccsc4)ccc3F)CC2)n1)SC=O. The van der Waals surface area contributed by atoms with Crippen LogP contribution in [0.4, 0.5) is 10.3 Å². The van der Waals surface area contributed by atoms with E-state index in [0.29, 0.717) is 35.4 Å². The molecular formula is C25H27FN6O2S2. The fourth-order valence-electron chi connectivity index (χ4n) is 3.97. The number of nitrogens with one attached hydrogen (secondary N) is 2. The number of aromatic nitrogens is 3. The Bertz CT molecular complexity index is 1210. The number of hydrogen-bond donors (Lipinski definition) is 2. The van der Waals surface area contributed by atoms with E-state index in [0.717, 1.165) is 55.5 Å². The highest BCUT2D eigenvalue weighted by Crippen LogP contribution is 2.23. The smallest absolute Gasteiger partial charge is 0.257 e. The van der Waals surface area contributed by atoms with Gasteiger partial charge in [-0.25, -0.2) is 19.3 Å². The van der Waals surface area contributed by atoms with Crippen LogP contribution in [0.15, 0.2) is 46.1 Å². The van der Waals surface area contributed by atoms with Gasteiger partial charge in [-0.1, -0.05) is 0 Å². The van der Waals surface area contributed by atoms with E-state index in [9.17, 15) is 14.0 Å². The highest BCUT2D eigenvalue weighted by Gasteiger charge is 2.21. The first-order valence-corrected chi connectivity index (χ1v) is 13.4. The Morgan fingerprint density at radius 3 is 2.81 bits per heavy atom. The lowest BCUT2D eigenvalue weighted by atomic mass is 9.97. The third kappa shape index (κ3) is 6.74. The number of piperidine rings is 1. The third-order valence-electron chi connectivity index (χ3n) is 5.93. The molecule has 4 rings (SSSR count). The molecule has 0 spiro atoms. The van der Waals surface area contributed by atoms with Gasteiger partial charge in [0.25, 0.3) is 5.91 Å². The second-order valence-corrected chi connectivity index (χ2v) is 9.93. The number of carbonyl (C=O) groups excluding carboxylic acids is 2. The Labute approximate surface area is 217 Å². The van der Waals surface area contributed by atoms with Gasteiger partial charge in [-0.15, -0.1) is 0 Å². The summed E-state index contributed by atoms with van der Waals surface area (Å²) in [5.74, 6) is 0.415. The van der Waals surface area contributed by atoms with Crippen LogP contribution in [0.3, 0.4) is 0 Å². The second-order valence-electron chi connectivity index (χ2n) is 8.28. The van der Waals surface area contributed by atoms with E-state index in [2.05, 4.69) is 30.5 Å². The van der Waals surface area contributed by atoms with Gasteiger partial charge in [0.15, 0.2) is 5.62 Å². The predicted octanol–water partition coefficient (Wildman–Crippen LogP) is 3.76. The van der Waals surface area contributed by atoms with Gasteiger partial charge in [-0.2, -0.15) is 11.3 Å². The molecule has 2 N–H and O–H groups in total. The number of halogens is 1. The van der Waals surface area contributed by atoms with Gasteiger partial charge in [0.05, 0.1) is 22.0 Å². The minimum Gasteiger partial charge on any atom is -0.355 e. The number of rotatable bonds is 10. The number of anilines is 1. The summed E-state index contributed by atoms with van der Waals surface area (Å²) in [7, 11) is 1.52. The summed E-state index contributed by atoms with van der Waals surface area (Å²) < 4.78 is 14.3. The summed E-state index contributed by atoms with van der Waals surface area (Å²) in [6.45, 7) is 2.75. The quantitative estimate of drug-likeness (QED) is 0.304. The van der Waals surface area contributed by atoms with Crippen LogP contribution in [0, 0.1) is 11.7 Å². The molecule has 3 aromatic rings. The van der Waals surface area contributed by atoms with Crippen molar-refractivity contribution < 1.29 is 14.0 Å². The molecule has 0 saturated carbocycles. The first kappa shape index (κ1) is 25.9. The van der Waals surface area contributed by atoms with Gasteiger partial charge >= 0.3 is 0 Å². The van der Waals surface area contributed by atoms with Crippen LogP contribution in [0.1, 0.15) is 24.2 Å². The maximum atomic E-state index is 14.3. The number of amides is 1. The Kier molecular flexibility index (Phi) is 9.15. The predicted molar refractivity (Wildman–Crippen MR) is 143 cm³/mol. The minimum atomic E-state index is -0.339. The van der Waals surface area contributed by atoms with Crippen LogP contribution in [-0.4, -0.2) is 53.2 Å². The molecule has 1 aliphatic heterocycles. The fraction of sp³-hybridized carbons (Fsp3) is 0.320. The number of pyridine rings is 1. The Morgan fingerprint density at radius 2 is 2.08 bits per heavy atom. The number of thiophene rings is 1. The van der Waals surface area contributed by atoms with Crippen LogP contribution in [0.25, 0.3) is 17.3 Å². The lowest BCUT2D eigenvalue weighted by molar-refractivity contribution is -0.116. The van der Waals surface area contributed by atoms with Crippen LogP contribution in [0.5, 0.6) is 0 Å². The van der Waals surface area contributed by atoms with E-state index in [-0.39, 0.29) is 16.6 Å². The number of likely N-dealkylation sites (N-methyl/N-ethyl adjacent to an activating group) is 1. The maximum absolute atomic E-state index is 14.3. The van der Waals surface area contributed by atoms with E-state index in [4.69, 9.17) is 0 Å². The lowest BCUT2D eigenvalue weighted by Crippen LogP contribution is -2.38. The molecule has 4 heterocycles. The number of carbonyl (C=O) groups is 2. The Hall–Kier alpha value is -3.15. The molecule has 3 aromatic heterocycles. The molecule has 188 valence electrons. The zero-order valence-electron chi connectivity index (χ0n) is 19.8. The first-order valence-electron chi connectivity index (χ1n) is 11.6. The molecule has 0 radical (unpaired) electrons. The fourth-order valence-corrected chi connectivity index (χ4v) is 5.12. The maximum Gasteiger partial charge on any atom is 0.257 e. The molecule has 0 bridgehead atoms. The minimum absolute atomic E-state index is 0.272. The van der Waals surface area contributed by atoms with Crippen molar-refractivity contribution in [3.63, 3.8) is 0 Å². The summed E-state index contributed by atoms with van der Waals surface area (Å²) in [5.41, 5.74) is 3.40. The van der Waals surface area contributed by atoms with Crippen molar-refractivity contribution in [1.29, 1.82) is 0 Å². The molecule has 36 heavy (non-hydrogen) atoms. The van der Waals surface area contributed by atoms with Crippen molar-refractivity contribution in [2.75, 3.05) is 31.6 Å². The summed E-state index contributed by atoms with van der Waals surface area (Å²) in [5, 5.41) is 9.88. The van der Waals surface area contributed by atoms with Gasteiger partial charge in [0, 0.05) is 43.8 Å². The summed E-state index contributed by atoms with van der Waals surface area (Å²) in [6, 6.07) is 6.88. The molecule has 11 heteroatoms. The summed E-state index contributed by atoms with van der Waals surface area (Å²) in [6.07, 6.45) is 5.14. The monoisotopic (exact) mass is 526 g/mol. The van der Waals surface area contributed by atoms with Crippen molar-refractivity contribution in [2.24, 2.45) is 5.92 Å². The van der Waals surface area contributed by atoms with Crippen LogP contribution in [0.2, 0.25) is 0 Å². The van der Waals surface area contributed by atoms with E-state index < -0.39 is 0 Å².